The lowest BCUT2D eigenvalue weighted by atomic mass is 9.96. The van der Waals surface area contributed by atoms with Crippen LogP contribution in [0.15, 0.2) is 12.2 Å². The van der Waals surface area contributed by atoms with Crippen molar-refractivity contribution in [3.05, 3.63) is 12.2 Å². The van der Waals surface area contributed by atoms with Crippen LogP contribution in [0.5, 0.6) is 0 Å². The average molecular weight is 1160 g/mol. The zero-order chi connectivity index (χ0) is 59.0. The number of amides is 1. The molecule has 0 aromatic carbocycles. The lowest BCUT2D eigenvalue weighted by Crippen LogP contribution is -2.66. The maximum atomic E-state index is 13.4. The van der Waals surface area contributed by atoms with E-state index < -0.39 is 124 Å². The van der Waals surface area contributed by atoms with Crippen molar-refractivity contribution in [3.63, 3.8) is 0 Å². The van der Waals surface area contributed by atoms with Crippen LogP contribution in [0, 0.1) is 0 Å². The maximum Gasteiger partial charge on any atom is 0.220 e. The summed E-state index contributed by atoms with van der Waals surface area (Å²) < 4.78 is 34.4. The van der Waals surface area contributed by atoms with Crippen molar-refractivity contribution < 1.29 is 89.4 Å². The number of aliphatic hydroxyl groups is 11. The standard InChI is InChI=1S/C62H117NO18/c1-3-5-7-9-11-13-15-17-19-21-22-24-25-27-29-31-33-35-37-39-46(67)45(63-50(68)40-38-36-34-32-30-28-26-23-20-18-16-14-12-10-8-6-4-2)44-76-60-56(74)53(71)58(48(42-65)78-60)81-62-57(75)54(72)59(49(43-66)79-62)80-61-55(73)52(70)51(69)47(41-64)77-61/h18,20,45-49,51-62,64-67,69-75H,3-17,19,21-44H2,1-2H3,(H,63,68)/b20-18-. The van der Waals surface area contributed by atoms with Crippen LogP contribution in [0.2, 0.25) is 0 Å². The zero-order valence-corrected chi connectivity index (χ0v) is 50.0. The SMILES string of the molecule is CCCCCCCC/C=C\CCCCCCCCCC(=O)NC(COC1OC(CO)C(OC2OC(CO)C(OC3OC(CO)C(O)C(O)C3O)C(O)C2O)C(O)C1O)C(O)CCCCCCCCCCCCCCCCCCCCC. The van der Waals surface area contributed by atoms with E-state index in [9.17, 15) is 61.0 Å². The summed E-state index contributed by atoms with van der Waals surface area (Å²) in [6.07, 6.45) is 20.0. The van der Waals surface area contributed by atoms with Gasteiger partial charge in [0.1, 0.15) is 73.2 Å². The molecule has 81 heavy (non-hydrogen) atoms. The smallest absolute Gasteiger partial charge is 0.220 e. The van der Waals surface area contributed by atoms with Crippen LogP contribution >= 0.6 is 0 Å². The minimum absolute atomic E-state index is 0.245. The van der Waals surface area contributed by atoms with Crippen molar-refractivity contribution in [2.75, 3.05) is 26.4 Å². The zero-order valence-electron chi connectivity index (χ0n) is 50.0. The minimum atomic E-state index is -1.97. The molecule has 0 bridgehead atoms. The molecule has 1 amide bonds. The van der Waals surface area contributed by atoms with E-state index in [0.29, 0.717) is 12.8 Å². The van der Waals surface area contributed by atoms with Gasteiger partial charge >= 0.3 is 0 Å². The fourth-order valence-corrected chi connectivity index (χ4v) is 11.3. The lowest BCUT2D eigenvalue weighted by molar-refractivity contribution is -0.379. The molecule has 0 aliphatic carbocycles. The van der Waals surface area contributed by atoms with Gasteiger partial charge in [-0.3, -0.25) is 4.79 Å². The topological polar surface area (TPSA) is 307 Å². The monoisotopic (exact) mass is 1160 g/mol. The van der Waals surface area contributed by atoms with E-state index in [4.69, 9.17) is 28.4 Å². The summed E-state index contributed by atoms with van der Waals surface area (Å²) in [4.78, 5) is 13.4. The van der Waals surface area contributed by atoms with E-state index in [1.165, 1.54) is 154 Å². The molecule has 19 heteroatoms. The first-order valence-electron chi connectivity index (χ1n) is 32.4. The van der Waals surface area contributed by atoms with Crippen LogP contribution in [-0.4, -0.2) is 193 Å². The Morgan fingerprint density at radius 1 is 0.432 bits per heavy atom. The Kier molecular flexibility index (Phi) is 41.7. The average Bonchev–Trinajstić information content (AvgIpc) is 3.47. The second kappa shape index (κ2) is 45.8. The number of rotatable bonds is 49. The molecule has 0 aromatic rings. The van der Waals surface area contributed by atoms with Gasteiger partial charge in [0.25, 0.3) is 0 Å². The van der Waals surface area contributed by atoms with Crippen molar-refractivity contribution in [1.82, 2.24) is 5.32 Å². The number of unbranched alkanes of at least 4 members (excludes halogenated alkanes) is 31. The van der Waals surface area contributed by atoms with Crippen molar-refractivity contribution in [2.45, 2.75) is 349 Å². The Balaban J connectivity index is 1.47. The predicted molar refractivity (Wildman–Crippen MR) is 310 cm³/mol. The molecule has 0 spiro atoms. The highest BCUT2D eigenvalue weighted by atomic mass is 16.8. The summed E-state index contributed by atoms with van der Waals surface area (Å²) in [5.41, 5.74) is 0. The normalized spacial score (nSPS) is 29.8. The van der Waals surface area contributed by atoms with Crippen molar-refractivity contribution in [2.24, 2.45) is 0 Å². The van der Waals surface area contributed by atoms with Gasteiger partial charge in [0, 0.05) is 6.42 Å². The number of nitrogens with one attached hydrogen (secondary N) is 1. The Morgan fingerprint density at radius 3 is 1.20 bits per heavy atom. The Hall–Kier alpha value is -1.47. The molecular formula is C62H117NO18. The number of carbonyl (C=O) groups is 1. The van der Waals surface area contributed by atoms with Crippen LogP contribution in [0.3, 0.4) is 0 Å². The minimum Gasteiger partial charge on any atom is -0.394 e. The molecule has 3 aliphatic heterocycles. The molecule has 3 fully saturated rings. The van der Waals surface area contributed by atoms with Crippen LogP contribution in [0.25, 0.3) is 0 Å². The second-order valence-corrected chi connectivity index (χ2v) is 23.6. The predicted octanol–water partition coefficient (Wildman–Crippen LogP) is 6.94. The van der Waals surface area contributed by atoms with E-state index in [2.05, 4.69) is 31.3 Å². The molecule has 3 rings (SSSR count). The summed E-state index contributed by atoms with van der Waals surface area (Å²) in [6.45, 7) is 1.81. The first-order valence-corrected chi connectivity index (χ1v) is 32.4. The van der Waals surface area contributed by atoms with E-state index in [1.807, 2.05) is 0 Å². The summed E-state index contributed by atoms with van der Waals surface area (Å²) in [5.74, 6) is -0.245. The molecule has 3 aliphatic rings. The van der Waals surface area contributed by atoms with Crippen LogP contribution in [-0.2, 0) is 33.2 Å². The molecule has 19 nitrogen and oxygen atoms in total. The molecular weight excluding hydrogens is 1050 g/mol. The van der Waals surface area contributed by atoms with Gasteiger partial charge < -0.3 is 89.9 Å². The van der Waals surface area contributed by atoms with E-state index in [1.54, 1.807) is 0 Å². The Bertz CT molecular complexity index is 1530. The van der Waals surface area contributed by atoms with Gasteiger partial charge in [-0.2, -0.15) is 0 Å². The number of aliphatic hydroxyl groups excluding tert-OH is 11. The maximum absolute atomic E-state index is 13.4. The fourth-order valence-electron chi connectivity index (χ4n) is 11.3. The summed E-state index contributed by atoms with van der Waals surface area (Å²) in [7, 11) is 0. The van der Waals surface area contributed by atoms with Crippen LogP contribution in [0.4, 0.5) is 0 Å². The molecule has 0 radical (unpaired) electrons. The molecule has 3 saturated heterocycles. The molecule has 3 heterocycles. The van der Waals surface area contributed by atoms with Gasteiger partial charge in [-0.25, -0.2) is 0 Å². The molecule has 478 valence electrons. The van der Waals surface area contributed by atoms with E-state index in [-0.39, 0.29) is 18.9 Å². The third kappa shape index (κ3) is 29.2. The van der Waals surface area contributed by atoms with Gasteiger partial charge in [-0.15, -0.1) is 0 Å². The lowest BCUT2D eigenvalue weighted by Gasteiger charge is -2.48. The van der Waals surface area contributed by atoms with Gasteiger partial charge in [0.2, 0.25) is 5.91 Å². The third-order valence-corrected chi connectivity index (χ3v) is 16.6. The quantitative estimate of drug-likeness (QED) is 0.0217. The molecule has 17 unspecified atom stereocenters. The Morgan fingerprint density at radius 2 is 0.778 bits per heavy atom. The number of allylic oxidation sites excluding steroid dienone is 2. The first kappa shape index (κ1) is 73.8. The van der Waals surface area contributed by atoms with Gasteiger partial charge in [-0.1, -0.05) is 212 Å². The highest BCUT2D eigenvalue weighted by molar-refractivity contribution is 5.76. The number of ether oxygens (including phenoxy) is 6. The highest BCUT2D eigenvalue weighted by Crippen LogP contribution is 2.33. The van der Waals surface area contributed by atoms with Crippen LogP contribution < -0.4 is 5.32 Å². The van der Waals surface area contributed by atoms with E-state index >= 15 is 0 Å². The number of carbonyl (C=O) groups excluding carboxylic acids is 1. The summed E-state index contributed by atoms with van der Waals surface area (Å²) in [5, 5.41) is 120. The van der Waals surface area contributed by atoms with Crippen molar-refractivity contribution in [1.29, 1.82) is 0 Å². The largest absolute Gasteiger partial charge is 0.394 e. The van der Waals surface area contributed by atoms with Gasteiger partial charge in [0.05, 0.1) is 38.6 Å². The first-order chi connectivity index (χ1) is 39.3. The van der Waals surface area contributed by atoms with Gasteiger partial charge in [-0.05, 0) is 38.5 Å². The molecule has 0 aromatic heterocycles. The summed E-state index contributed by atoms with van der Waals surface area (Å²) >= 11 is 0. The highest BCUT2D eigenvalue weighted by Gasteiger charge is 2.53. The molecule has 0 saturated carbocycles. The van der Waals surface area contributed by atoms with Gasteiger partial charge in [0.15, 0.2) is 18.9 Å². The summed E-state index contributed by atoms with van der Waals surface area (Å²) in [6, 6.07) is -0.886. The molecule has 17 atom stereocenters. The second-order valence-electron chi connectivity index (χ2n) is 23.6. The van der Waals surface area contributed by atoms with Crippen molar-refractivity contribution in [3.8, 4) is 0 Å². The third-order valence-electron chi connectivity index (χ3n) is 16.6. The van der Waals surface area contributed by atoms with Crippen molar-refractivity contribution >= 4 is 5.91 Å². The molecule has 12 N–H and O–H groups in total. The fraction of sp³-hybridized carbons (Fsp3) is 0.952. The number of hydrogen-bond donors (Lipinski definition) is 12. The van der Waals surface area contributed by atoms with E-state index in [0.717, 1.165) is 57.8 Å². The Labute approximate surface area is 486 Å². The number of hydrogen-bond acceptors (Lipinski definition) is 18. The van der Waals surface area contributed by atoms with Crippen LogP contribution in [0.1, 0.15) is 245 Å².